The number of alkyl halides is 3. The van der Waals surface area contributed by atoms with Gasteiger partial charge in [-0.2, -0.15) is 18.3 Å². The Morgan fingerprint density at radius 3 is 2.58 bits per heavy atom. The van der Waals surface area contributed by atoms with Gasteiger partial charge in [0.15, 0.2) is 11.5 Å². The molecule has 10 nitrogen and oxygen atoms in total. The topological polar surface area (TPSA) is 101 Å². The summed E-state index contributed by atoms with van der Waals surface area (Å²) in [5.74, 6) is 0.200. The van der Waals surface area contributed by atoms with Crippen LogP contribution in [0.2, 0.25) is 0 Å². The van der Waals surface area contributed by atoms with Crippen LogP contribution in [0, 0.1) is 0 Å². The second-order valence-corrected chi connectivity index (χ2v) is 9.02. The summed E-state index contributed by atoms with van der Waals surface area (Å²) >= 11 is 0. The third kappa shape index (κ3) is 6.10. The number of nitrogens with zero attached hydrogens (tertiary/aromatic N) is 7. The second kappa shape index (κ2) is 11.8. The molecule has 0 bridgehead atoms. The van der Waals surface area contributed by atoms with Gasteiger partial charge in [0.1, 0.15) is 5.82 Å². The maximum atomic E-state index is 13.8. The molecule has 1 N–H and O–H groups in total. The van der Waals surface area contributed by atoms with Crippen LogP contribution in [0.4, 0.5) is 24.7 Å². The van der Waals surface area contributed by atoms with E-state index in [9.17, 15) is 18.0 Å². The lowest BCUT2D eigenvalue weighted by molar-refractivity contribution is -0.142. The second-order valence-electron chi connectivity index (χ2n) is 9.02. The van der Waals surface area contributed by atoms with E-state index in [1.165, 1.54) is 30.7 Å². The fourth-order valence-corrected chi connectivity index (χ4v) is 4.31. The molecule has 1 amide bonds. The number of nitrogens with one attached hydrogen (secondary N) is 1. The number of rotatable bonds is 8. The smallest absolute Gasteiger partial charge is 0.379 e. The molecule has 5 rings (SSSR count). The standard InChI is InChI=1S/C27H27F3N8O2/c1-2-10-37(36-11-13-40-14-12-36)25-15-19(7-9-32-25)26(39)34-21-5-6-24(33-18-21)38-23(27(28,29)30)16-22(35-38)20-4-3-8-31-17-20/h3-9,15-18H,2,10-14H2,1H3,(H,34,39). The number of anilines is 2. The monoisotopic (exact) mass is 552 g/mol. The zero-order chi connectivity index (χ0) is 28.1. The quantitative estimate of drug-likeness (QED) is 0.342. The van der Waals surface area contributed by atoms with E-state index in [0.29, 0.717) is 35.8 Å². The lowest BCUT2D eigenvalue weighted by atomic mass is 10.2. The molecule has 0 atom stereocenters. The number of amides is 1. The molecule has 40 heavy (non-hydrogen) atoms. The molecule has 13 heteroatoms. The van der Waals surface area contributed by atoms with E-state index in [4.69, 9.17) is 4.74 Å². The van der Waals surface area contributed by atoms with Crippen LogP contribution in [0.3, 0.4) is 0 Å². The fraction of sp³-hybridized carbons (Fsp3) is 0.296. The molecule has 0 radical (unpaired) electrons. The average Bonchev–Trinajstić information content (AvgIpc) is 3.44. The van der Waals surface area contributed by atoms with Crippen LogP contribution in [0.1, 0.15) is 29.4 Å². The first-order valence-electron chi connectivity index (χ1n) is 12.7. The molecule has 0 aliphatic carbocycles. The number of hydrogen-bond acceptors (Lipinski definition) is 8. The van der Waals surface area contributed by atoms with Crippen LogP contribution in [0.25, 0.3) is 17.1 Å². The Labute approximate surface area is 228 Å². The van der Waals surface area contributed by atoms with E-state index in [-0.39, 0.29) is 11.5 Å². The number of ether oxygens (including phenoxy) is 1. The molecule has 5 heterocycles. The maximum Gasteiger partial charge on any atom is 0.433 e. The van der Waals surface area contributed by atoms with E-state index >= 15 is 0 Å². The lowest BCUT2D eigenvalue weighted by Gasteiger charge is -2.38. The van der Waals surface area contributed by atoms with E-state index in [2.05, 4.69) is 42.3 Å². The van der Waals surface area contributed by atoms with Crippen molar-refractivity contribution in [2.45, 2.75) is 19.5 Å². The number of carbonyl (C=O) groups is 1. The summed E-state index contributed by atoms with van der Waals surface area (Å²) in [5, 5.41) is 11.1. The SMILES string of the molecule is CCCN(c1cc(C(=O)Nc2ccc(-n3nc(-c4cccnc4)cc3C(F)(F)F)nc2)ccn1)N1CCOCC1. The lowest BCUT2D eigenvalue weighted by Crippen LogP contribution is -2.49. The molecule has 208 valence electrons. The van der Waals surface area contributed by atoms with Crippen molar-refractivity contribution in [1.82, 2.24) is 29.7 Å². The van der Waals surface area contributed by atoms with Crippen molar-refractivity contribution >= 4 is 17.4 Å². The van der Waals surface area contributed by atoms with Gasteiger partial charge in [0, 0.05) is 49.4 Å². The number of pyridine rings is 3. The molecule has 1 aliphatic heterocycles. The van der Waals surface area contributed by atoms with E-state index in [0.717, 1.165) is 36.8 Å². The highest BCUT2D eigenvalue weighted by Gasteiger charge is 2.37. The predicted molar refractivity (Wildman–Crippen MR) is 142 cm³/mol. The highest BCUT2D eigenvalue weighted by atomic mass is 19.4. The molecule has 0 saturated carbocycles. The summed E-state index contributed by atoms with van der Waals surface area (Å²) in [6.45, 7) is 5.51. The minimum Gasteiger partial charge on any atom is -0.379 e. The first kappa shape index (κ1) is 27.2. The van der Waals surface area contributed by atoms with E-state index < -0.39 is 17.8 Å². The molecular weight excluding hydrogens is 525 g/mol. The number of morpholine rings is 1. The third-order valence-corrected chi connectivity index (χ3v) is 6.22. The van der Waals surface area contributed by atoms with Crippen LogP contribution in [-0.2, 0) is 10.9 Å². The molecule has 0 spiro atoms. The Balaban J connectivity index is 1.34. The van der Waals surface area contributed by atoms with Gasteiger partial charge in [-0.05, 0) is 48.9 Å². The van der Waals surface area contributed by atoms with Crippen LogP contribution in [-0.4, -0.2) is 68.5 Å². The van der Waals surface area contributed by atoms with E-state index in [1.807, 2.05) is 0 Å². The molecule has 1 aliphatic rings. The van der Waals surface area contributed by atoms with Gasteiger partial charge in [-0.3, -0.25) is 14.8 Å². The minimum absolute atomic E-state index is 0.0487. The summed E-state index contributed by atoms with van der Waals surface area (Å²) in [6.07, 6.45) is 2.06. The molecule has 1 fully saturated rings. The van der Waals surface area contributed by atoms with Gasteiger partial charge in [0.2, 0.25) is 0 Å². The summed E-state index contributed by atoms with van der Waals surface area (Å²) < 4.78 is 47.5. The largest absolute Gasteiger partial charge is 0.433 e. The first-order valence-corrected chi connectivity index (χ1v) is 12.7. The van der Waals surface area contributed by atoms with Gasteiger partial charge in [0.25, 0.3) is 5.91 Å². The van der Waals surface area contributed by atoms with Gasteiger partial charge in [-0.1, -0.05) is 6.92 Å². The summed E-state index contributed by atoms with van der Waals surface area (Å²) in [5.41, 5.74) is 0.285. The minimum atomic E-state index is -4.66. The van der Waals surface area contributed by atoms with Crippen LogP contribution >= 0.6 is 0 Å². The van der Waals surface area contributed by atoms with Gasteiger partial charge < -0.3 is 10.1 Å². The number of carbonyl (C=O) groups excluding carboxylic acids is 1. The van der Waals surface area contributed by atoms with Crippen molar-refractivity contribution in [3.63, 3.8) is 0 Å². The first-order chi connectivity index (χ1) is 19.3. The Bertz CT molecular complexity index is 1440. The van der Waals surface area contributed by atoms with Crippen molar-refractivity contribution in [2.24, 2.45) is 0 Å². The Morgan fingerprint density at radius 2 is 1.90 bits per heavy atom. The normalized spacial score (nSPS) is 14.2. The molecule has 0 unspecified atom stereocenters. The number of aromatic nitrogens is 5. The molecule has 4 aromatic rings. The van der Waals surface area contributed by atoms with Gasteiger partial charge in [0.05, 0.1) is 30.8 Å². The third-order valence-electron chi connectivity index (χ3n) is 6.22. The number of halogens is 3. The zero-order valence-corrected chi connectivity index (χ0v) is 21.7. The highest BCUT2D eigenvalue weighted by molar-refractivity contribution is 6.04. The van der Waals surface area contributed by atoms with Crippen LogP contribution in [0.15, 0.2) is 67.3 Å². The molecule has 1 saturated heterocycles. The van der Waals surface area contributed by atoms with Gasteiger partial charge >= 0.3 is 6.18 Å². The summed E-state index contributed by atoms with van der Waals surface area (Å²) in [6, 6.07) is 10.3. The van der Waals surface area contributed by atoms with Gasteiger partial charge in [-0.15, -0.1) is 0 Å². The van der Waals surface area contributed by atoms with Crippen LogP contribution < -0.4 is 10.3 Å². The molecule has 4 aromatic heterocycles. The molecule has 0 aromatic carbocycles. The van der Waals surface area contributed by atoms with Crippen molar-refractivity contribution in [1.29, 1.82) is 0 Å². The maximum absolute atomic E-state index is 13.8. The van der Waals surface area contributed by atoms with Crippen molar-refractivity contribution in [3.05, 3.63) is 78.5 Å². The summed E-state index contributed by atoms with van der Waals surface area (Å²) in [7, 11) is 0. The Hall–Kier alpha value is -4.36. The Morgan fingerprint density at radius 1 is 1.07 bits per heavy atom. The number of hydrazine groups is 1. The average molecular weight is 553 g/mol. The van der Waals surface area contributed by atoms with Crippen molar-refractivity contribution in [2.75, 3.05) is 43.2 Å². The highest BCUT2D eigenvalue weighted by Crippen LogP contribution is 2.33. The Kier molecular flexibility index (Phi) is 8.03. The van der Waals surface area contributed by atoms with E-state index in [1.54, 1.807) is 30.5 Å². The van der Waals surface area contributed by atoms with Gasteiger partial charge in [-0.25, -0.2) is 19.7 Å². The number of hydrogen-bond donors (Lipinski definition) is 1. The summed E-state index contributed by atoms with van der Waals surface area (Å²) in [4.78, 5) is 25.6. The predicted octanol–water partition coefficient (Wildman–Crippen LogP) is 4.46. The molecular formula is C27H27F3N8O2. The fourth-order valence-electron chi connectivity index (χ4n) is 4.31. The zero-order valence-electron chi connectivity index (χ0n) is 21.7. The van der Waals surface area contributed by atoms with Crippen molar-refractivity contribution in [3.8, 4) is 17.1 Å². The van der Waals surface area contributed by atoms with Crippen LogP contribution in [0.5, 0.6) is 0 Å². The van der Waals surface area contributed by atoms with Crippen molar-refractivity contribution < 1.29 is 22.7 Å².